The van der Waals surface area contributed by atoms with Gasteiger partial charge >= 0.3 is 0 Å². The molecule has 0 amide bonds. The predicted molar refractivity (Wildman–Crippen MR) is 69.5 cm³/mol. The number of nitrogen functional groups attached to an aromatic ring is 1. The van der Waals surface area contributed by atoms with Crippen molar-refractivity contribution < 1.29 is 8.78 Å². The van der Waals surface area contributed by atoms with Gasteiger partial charge in [0.15, 0.2) is 11.6 Å². The maximum atomic E-state index is 13.7. The molecule has 0 fully saturated rings. The number of rotatable bonds is 4. The van der Waals surface area contributed by atoms with Crippen LogP contribution in [0, 0.1) is 11.6 Å². The van der Waals surface area contributed by atoms with Crippen LogP contribution in [0.2, 0.25) is 0 Å². The molecule has 0 bridgehead atoms. The van der Waals surface area contributed by atoms with Crippen molar-refractivity contribution >= 4 is 22.7 Å². The molecular weight excluding hydrogens is 256 g/mol. The van der Waals surface area contributed by atoms with E-state index in [1.54, 1.807) is 6.20 Å². The molecule has 0 radical (unpaired) electrons. The molecule has 18 heavy (non-hydrogen) atoms. The van der Waals surface area contributed by atoms with E-state index in [9.17, 15) is 8.78 Å². The predicted octanol–water partition coefficient (Wildman–Crippen LogP) is 3.57. The Morgan fingerprint density at radius 1 is 1.44 bits per heavy atom. The van der Waals surface area contributed by atoms with E-state index in [-0.39, 0.29) is 17.4 Å². The van der Waals surface area contributed by atoms with Gasteiger partial charge in [0.05, 0.1) is 17.4 Å². The van der Waals surface area contributed by atoms with E-state index >= 15 is 0 Å². The zero-order valence-electron chi connectivity index (χ0n) is 9.78. The van der Waals surface area contributed by atoms with Gasteiger partial charge in [0.1, 0.15) is 5.01 Å². The molecular formula is C12H13F2N3S. The molecule has 1 aromatic carbocycles. The van der Waals surface area contributed by atoms with Gasteiger partial charge in [0.2, 0.25) is 0 Å². The summed E-state index contributed by atoms with van der Waals surface area (Å²) in [4.78, 5) is 4.16. The summed E-state index contributed by atoms with van der Waals surface area (Å²) in [6, 6.07) is 2.18. The van der Waals surface area contributed by atoms with Crippen molar-refractivity contribution in [3.63, 3.8) is 0 Å². The second-order valence-electron chi connectivity index (χ2n) is 3.80. The molecule has 2 aromatic rings. The first-order valence-corrected chi connectivity index (χ1v) is 6.40. The first-order valence-electron chi connectivity index (χ1n) is 5.52. The largest absolute Gasteiger partial charge is 0.397 e. The van der Waals surface area contributed by atoms with Crippen molar-refractivity contribution in [1.82, 2.24) is 4.98 Å². The fourth-order valence-electron chi connectivity index (χ4n) is 1.63. The van der Waals surface area contributed by atoms with Crippen LogP contribution < -0.4 is 11.1 Å². The molecule has 0 aliphatic carbocycles. The lowest BCUT2D eigenvalue weighted by Gasteiger charge is -2.18. The van der Waals surface area contributed by atoms with Crippen molar-refractivity contribution in [3.8, 4) is 0 Å². The highest BCUT2D eigenvalue weighted by molar-refractivity contribution is 7.09. The van der Waals surface area contributed by atoms with Gasteiger partial charge in [-0.1, -0.05) is 6.92 Å². The Labute approximate surface area is 108 Å². The van der Waals surface area contributed by atoms with Gasteiger partial charge in [-0.25, -0.2) is 13.8 Å². The molecule has 6 heteroatoms. The minimum Gasteiger partial charge on any atom is -0.397 e. The van der Waals surface area contributed by atoms with E-state index < -0.39 is 11.6 Å². The fourth-order valence-corrected chi connectivity index (χ4v) is 2.40. The SMILES string of the molecule is CCC(Nc1c(N)ccc(F)c1F)c1nccs1. The van der Waals surface area contributed by atoms with Gasteiger partial charge in [-0.3, -0.25) is 0 Å². The Balaban J connectivity index is 2.30. The van der Waals surface area contributed by atoms with Crippen LogP contribution in [0.15, 0.2) is 23.7 Å². The molecule has 3 N–H and O–H groups in total. The van der Waals surface area contributed by atoms with Crippen LogP contribution in [-0.2, 0) is 0 Å². The number of thiazole rings is 1. The summed E-state index contributed by atoms with van der Waals surface area (Å²) in [5.74, 6) is -1.87. The minimum absolute atomic E-state index is 0.00273. The molecule has 3 nitrogen and oxygen atoms in total. The van der Waals surface area contributed by atoms with Gasteiger partial charge < -0.3 is 11.1 Å². The van der Waals surface area contributed by atoms with Crippen molar-refractivity contribution in [1.29, 1.82) is 0 Å². The molecule has 0 spiro atoms. The number of nitrogens with one attached hydrogen (secondary N) is 1. The molecule has 0 saturated heterocycles. The van der Waals surface area contributed by atoms with Gasteiger partial charge in [-0.15, -0.1) is 11.3 Å². The highest BCUT2D eigenvalue weighted by Crippen LogP contribution is 2.30. The van der Waals surface area contributed by atoms with E-state index in [2.05, 4.69) is 10.3 Å². The number of halogens is 2. The Morgan fingerprint density at radius 2 is 2.22 bits per heavy atom. The molecule has 1 unspecified atom stereocenters. The lowest BCUT2D eigenvalue weighted by atomic mass is 10.2. The number of nitrogens with two attached hydrogens (primary N) is 1. The van der Waals surface area contributed by atoms with Gasteiger partial charge in [0, 0.05) is 11.6 Å². The summed E-state index contributed by atoms with van der Waals surface area (Å²) < 4.78 is 26.8. The maximum absolute atomic E-state index is 13.7. The summed E-state index contributed by atoms with van der Waals surface area (Å²) in [6.45, 7) is 1.94. The van der Waals surface area contributed by atoms with E-state index in [1.165, 1.54) is 17.4 Å². The zero-order chi connectivity index (χ0) is 13.1. The summed E-state index contributed by atoms with van der Waals surface area (Å²) in [7, 11) is 0. The summed E-state index contributed by atoms with van der Waals surface area (Å²) >= 11 is 1.46. The van der Waals surface area contributed by atoms with Crippen molar-refractivity contribution in [3.05, 3.63) is 40.4 Å². The molecule has 96 valence electrons. The third-order valence-corrected chi connectivity index (χ3v) is 3.49. The van der Waals surface area contributed by atoms with E-state index in [1.807, 2.05) is 12.3 Å². The number of aromatic nitrogens is 1. The number of hydrogen-bond donors (Lipinski definition) is 2. The highest BCUT2D eigenvalue weighted by Gasteiger charge is 2.17. The van der Waals surface area contributed by atoms with Crippen LogP contribution in [0.5, 0.6) is 0 Å². The Hall–Kier alpha value is -1.69. The van der Waals surface area contributed by atoms with Crippen LogP contribution in [0.4, 0.5) is 20.2 Å². The van der Waals surface area contributed by atoms with E-state index in [0.29, 0.717) is 6.42 Å². The molecule has 0 aliphatic heterocycles. The van der Waals surface area contributed by atoms with Crippen molar-refractivity contribution in [2.24, 2.45) is 0 Å². The summed E-state index contributed by atoms with van der Waals surface area (Å²) in [5.41, 5.74) is 5.84. The Kier molecular flexibility index (Phi) is 3.76. The topological polar surface area (TPSA) is 50.9 Å². The molecule has 0 saturated carbocycles. The number of hydrogen-bond acceptors (Lipinski definition) is 4. The van der Waals surface area contributed by atoms with Gasteiger partial charge in [-0.2, -0.15) is 0 Å². The minimum atomic E-state index is -0.954. The van der Waals surface area contributed by atoms with Crippen molar-refractivity contribution in [2.75, 3.05) is 11.1 Å². The number of anilines is 2. The first kappa shape index (κ1) is 12.8. The lowest BCUT2D eigenvalue weighted by Crippen LogP contribution is -2.12. The quantitative estimate of drug-likeness (QED) is 0.834. The smallest absolute Gasteiger partial charge is 0.183 e. The lowest BCUT2D eigenvalue weighted by molar-refractivity contribution is 0.510. The van der Waals surface area contributed by atoms with Crippen LogP contribution >= 0.6 is 11.3 Å². The maximum Gasteiger partial charge on any atom is 0.183 e. The monoisotopic (exact) mass is 269 g/mol. The molecule has 0 aliphatic rings. The van der Waals surface area contributed by atoms with Crippen molar-refractivity contribution in [2.45, 2.75) is 19.4 Å². The van der Waals surface area contributed by atoms with Crippen LogP contribution in [0.25, 0.3) is 0 Å². The average Bonchev–Trinajstić information content (AvgIpc) is 2.88. The fraction of sp³-hybridized carbons (Fsp3) is 0.250. The Morgan fingerprint density at radius 3 is 2.83 bits per heavy atom. The Bertz CT molecular complexity index is 528. The average molecular weight is 269 g/mol. The van der Waals surface area contributed by atoms with Gasteiger partial charge in [0.25, 0.3) is 0 Å². The second kappa shape index (κ2) is 5.30. The zero-order valence-corrected chi connectivity index (χ0v) is 10.6. The number of nitrogens with zero attached hydrogens (tertiary/aromatic N) is 1. The molecule has 1 atom stereocenters. The van der Waals surface area contributed by atoms with Gasteiger partial charge in [-0.05, 0) is 18.6 Å². The highest BCUT2D eigenvalue weighted by atomic mass is 32.1. The molecule has 1 aromatic heterocycles. The standard InChI is InChI=1S/C12H13F2N3S/c1-2-9(12-16-5-6-18-12)17-11-8(15)4-3-7(13)10(11)14/h3-6,9,17H,2,15H2,1H3. The molecule has 2 rings (SSSR count). The second-order valence-corrected chi connectivity index (χ2v) is 4.73. The third-order valence-electron chi connectivity index (χ3n) is 2.60. The van der Waals surface area contributed by atoms with E-state index in [4.69, 9.17) is 5.73 Å². The van der Waals surface area contributed by atoms with Crippen LogP contribution in [0.1, 0.15) is 24.4 Å². The third kappa shape index (κ3) is 2.43. The number of benzene rings is 1. The normalized spacial score (nSPS) is 12.4. The first-order chi connectivity index (χ1) is 8.63. The van der Waals surface area contributed by atoms with Crippen LogP contribution in [0.3, 0.4) is 0 Å². The van der Waals surface area contributed by atoms with E-state index in [0.717, 1.165) is 11.1 Å². The summed E-state index contributed by atoms with van der Waals surface area (Å²) in [6.07, 6.45) is 2.37. The summed E-state index contributed by atoms with van der Waals surface area (Å²) in [5, 5.41) is 5.57. The molecule has 1 heterocycles. The van der Waals surface area contributed by atoms with Crippen LogP contribution in [-0.4, -0.2) is 4.98 Å².